The van der Waals surface area contributed by atoms with Gasteiger partial charge in [0.2, 0.25) is 0 Å². The van der Waals surface area contributed by atoms with Crippen LogP contribution in [0, 0.1) is 0 Å². The number of nitrogens with zero attached hydrogens (tertiary/aromatic N) is 2. The summed E-state index contributed by atoms with van der Waals surface area (Å²) in [5.41, 5.74) is 0.838. The van der Waals surface area contributed by atoms with E-state index in [0.717, 1.165) is 39.1 Å². The summed E-state index contributed by atoms with van der Waals surface area (Å²) in [4.78, 5) is 17.1. The Hall–Kier alpha value is -2.62. The lowest BCUT2D eigenvalue weighted by Crippen LogP contribution is -2.50. The number of rotatable bonds is 7. The lowest BCUT2D eigenvalue weighted by atomic mass is 10.1. The van der Waals surface area contributed by atoms with Crippen molar-refractivity contribution in [1.82, 2.24) is 9.80 Å². The molecule has 4 rings (SSSR count). The average molecular weight is 460 g/mol. The number of hydrogen-bond donors (Lipinski definition) is 1. The van der Waals surface area contributed by atoms with E-state index in [1.54, 1.807) is 36.4 Å². The molecule has 9 heteroatoms. The number of carbonyl (C=O) groups excluding carboxylic acids is 1. The molecule has 32 heavy (non-hydrogen) atoms. The van der Waals surface area contributed by atoms with Crippen molar-refractivity contribution in [2.24, 2.45) is 0 Å². The second-order valence-electron chi connectivity index (χ2n) is 8.06. The molecule has 8 nitrogen and oxygen atoms in total. The monoisotopic (exact) mass is 459 g/mol. The molecule has 0 aliphatic carbocycles. The molecule has 1 unspecified atom stereocenters. The van der Waals surface area contributed by atoms with Gasteiger partial charge in [-0.25, -0.2) is 8.42 Å². The molecule has 2 saturated heterocycles. The Bertz CT molecular complexity index is 1030. The third kappa shape index (κ3) is 5.23. The SMILES string of the molecule is COc1ccccc1NS(=O)(=O)c1ccc(C(=O)N2CCN(CC3CCCO3)CC2)cc1. The number of benzene rings is 2. The number of para-hydroxylation sites is 2. The Balaban J connectivity index is 1.36. The van der Waals surface area contributed by atoms with Gasteiger partial charge in [0.05, 0.1) is 23.8 Å². The second kappa shape index (κ2) is 9.89. The van der Waals surface area contributed by atoms with Crippen LogP contribution in [0.4, 0.5) is 5.69 Å². The maximum Gasteiger partial charge on any atom is 0.262 e. The maximum atomic E-state index is 12.9. The molecule has 1 amide bonds. The normalized spacial score (nSPS) is 19.7. The molecule has 2 aliphatic heterocycles. The lowest BCUT2D eigenvalue weighted by molar-refractivity contribution is 0.0432. The highest BCUT2D eigenvalue weighted by Crippen LogP contribution is 2.26. The van der Waals surface area contributed by atoms with Gasteiger partial charge >= 0.3 is 0 Å². The van der Waals surface area contributed by atoms with Crippen LogP contribution in [0.5, 0.6) is 5.75 Å². The van der Waals surface area contributed by atoms with Crippen LogP contribution in [0.15, 0.2) is 53.4 Å². The van der Waals surface area contributed by atoms with Crippen LogP contribution in [0.2, 0.25) is 0 Å². The van der Waals surface area contributed by atoms with Crippen molar-refractivity contribution in [2.45, 2.75) is 23.8 Å². The first kappa shape index (κ1) is 22.6. The van der Waals surface area contributed by atoms with E-state index in [4.69, 9.17) is 9.47 Å². The van der Waals surface area contributed by atoms with Crippen molar-refractivity contribution >= 4 is 21.6 Å². The van der Waals surface area contributed by atoms with Gasteiger partial charge in [-0.05, 0) is 49.2 Å². The molecular weight excluding hydrogens is 430 g/mol. The highest BCUT2D eigenvalue weighted by molar-refractivity contribution is 7.92. The fourth-order valence-electron chi connectivity index (χ4n) is 4.10. The van der Waals surface area contributed by atoms with Crippen LogP contribution in [-0.4, -0.2) is 76.7 Å². The van der Waals surface area contributed by atoms with Crippen molar-refractivity contribution < 1.29 is 22.7 Å². The van der Waals surface area contributed by atoms with Crippen molar-refractivity contribution in [2.75, 3.05) is 51.2 Å². The molecule has 2 aromatic carbocycles. The number of methoxy groups -OCH3 is 1. The van der Waals surface area contributed by atoms with Crippen LogP contribution in [0.25, 0.3) is 0 Å². The van der Waals surface area contributed by atoms with E-state index in [0.29, 0.717) is 36.2 Å². The van der Waals surface area contributed by atoms with E-state index in [1.807, 2.05) is 4.90 Å². The summed E-state index contributed by atoms with van der Waals surface area (Å²) >= 11 is 0. The molecule has 2 heterocycles. The van der Waals surface area contributed by atoms with Crippen molar-refractivity contribution in [1.29, 1.82) is 0 Å². The maximum absolute atomic E-state index is 12.9. The summed E-state index contributed by atoms with van der Waals surface area (Å²) < 4.78 is 38.9. The van der Waals surface area contributed by atoms with Gasteiger partial charge in [0, 0.05) is 44.9 Å². The minimum atomic E-state index is -3.81. The van der Waals surface area contributed by atoms with E-state index >= 15 is 0 Å². The van der Waals surface area contributed by atoms with E-state index in [1.165, 1.54) is 19.2 Å². The van der Waals surface area contributed by atoms with Gasteiger partial charge in [-0.3, -0.25) is 14.4 Å². The number of hydrogen-bond acceptors (Lipinski definition) is 6. The lowest BCUT2D eigenvalue weighted by Gasteiger charge is -2.35. The standard InChI is InChI=1S/C23H29N3O5S/c1-30-22-7-3-2-6-21(22)24-32(28,29)20-10-8-18(9-11-20)23(27)26-14-12-25(13-15-26)17-19-5-4-16-31-19/h2-3,6-11,19,24H,4-5,12-17H2,1H3. The van der Waals surface area contributed by atoms with Gasteiger partial charge < -0.3 is 14.4 Å². The first-order valence-corrected chi connectivity index (χ1v) is 12.3. The molecule has 0 bridgehead atoms. The van der Waals surface area contributed by atoms with E-state index in [2.05, 4.69) is 9.62 Å². The number of carbonyl (C=O) groups is 1. The molecule has 0 aromatic heterocycles. The quantitative estimate of drug-likeness (QED) is 0.684. The number of sulfonamides is 1. The van der Waals surface area contributed by atoms with Gasteiger partial charge in [-0.15, -0.1) is 0 Å². The van der Waals surface area contributed by atoms with E-state index in [-0.39, 0.29) is 10.8 Å². The Labute approximate surface area is 189 Å². The number of piperazine rings is 1. The van der Waals surface area contributed by atoms with Gasteiger partial charge in [-0.1, -0.05) is 12.1 Å². The molecule has 0 radical (unpaired) electrons. The Morgan fingerprint density at radius 1 is 1.09 bits per heavy atom. The summed E-state index contributed by atoms with van der Waals surface area (Å²) in [6, 6.07) is 12.8. The fourth-order valence-corrected chi connectivity index (χ4v) is 5.17. The molecule has 2 fully saturated rings. The summed E-state index contributed by atoms with van der Waals surface area (Å²) in [5, 5.41) is 0. The van der Waals surface area contributed by atoms with Gasteiger partial charge in [0.15, 0.2) is 0 Å². The molecule has 2 aromatic rings. The topological polar surface area (TPSA) is 88.2 Å². The van der Waals surface area contributed by atoms with Crippen molar-refractivity contribution in [3.05, 3.63) is 54.1 Å². The first-order valence-electron chi connectivity index (χ1n) is 10.9. The summed E-state index contributed by atoms with van der Waals surface area (Å²) in [5.74, 6) is 0.352. The van der Waals surface area contributed by atoms with Crippen molar-refractivity contribution in [3.8, 4) is 5.75 Å². The third-order valence-corrected chi connectivity index (χ3v) is 7.29. The largest absolute Gasteiger partial charge is 0.495 e. The summed E-state index contributed by atoms with van der Waals surface area (Å²) in [7, 11) is -2.32. The third-order valence-electron chi connectivity index (χ3n) is 5.91. The van der Waals surface area contributed by atoms with Gasteiger partial charge in [-0.2, -0.15) is 0 Å². The minimum Gasteiger partial charge on any atom is -0.495 e. The highest BCUT2D eigenvalue weighted by atomic mass is 32.2. The van der Waals surface area contributed by atoms with Crippen LogP contribution in [0.3, 0.4) is 0 Å². The smallest absolute Gasteiger partial charge is 0.262 e. The molecule has 172 valence electrons. The predicted molar refractivity (Wildman–Crippen MR) is 122 cm³/mol. The highest BCUT2D eigenvalue weighted by Gasteiger charge is 2.26. The van der Waals surface area contributed by atoms with Gasteiger partial charge in [0.25, 0.3) is 15.9 Å². The molecule has 2 aliphatic rings. The zero-order valence-electron chi connectivity index (χ0n) is 18.2. The molecule has 1 N–H and O–H groups in total. The molecule has 0 spiro atoms. The number of nitrogens with one attached hydrogen (secondary N) is 1. The van der Waals surface area contributed by atoms with Crippen LogP contribution in [-0.2, 0) is 14.8 Å². The number of ether oxygens (including phenoxy) is 2. The second-order valence-corrected chi connectivity index (χ2v) is 9.74. The minimum absolute atomic E-state index is 0.0802. The predicted octanol–water partition coefficient (Wildman–Crippen LogP) is 2.43. The Morgan fingerprint density at radius 3 is 2.47 bits per heavy atom. The Kier molecular flexibility index (Phi) is 6.98. The Morgan fingerprint density at radius 2 is 1.81 bits per heavy atom. The average Bonchev–Trinajstić information content (AvgIpc) is 3.32. The molecule has 1 atom stereocenters. The number of anilines is 1. The van der Waals surface area contributed by atoms with E-state index < -0.39 is 10.0 Å². The summed E-state index contributed by atoms with van der Waals surface area (Å²) in [6.45, 7) is 4.72. The zero-order valence-corrected chi connectivity index (χ0v) is 19.0. The van der Waals surface area contributed by atoms with Crippen LogP contribution >= 0.6 is 0 Å². The molecular formula is C23H29N3O5S. The van der Waals surface area contributed by atoms with Crippen LogP contribution < -0.4 is 9.46 Å². The van der Waals surface area contributed by atoms with Crippen molar-refractivity contribution in [3.63, 3.8) is 0 Å². The molecule has 0 saturated carbocycles. The van der Waals surface area contributed by atoms with E-state index in [9.17, 15) is 13.2 Å². The first-order chi connectivity index (χ1) is 15.5. The number of amides is 1. The summed E-state index contributed by atoms with van der Waals surface area (Å²) in [6.07, 6.45) is 2.56. The van der Waals surface area contributed by atoms with Gasteiger partial charge in [0.1, 0.15) is 5.75 Å². The fraction of sp³-hybridized carbons (Fsp3) is 0.435. The van der Waals surface area contributed by atoms with Crippen LogP contribution in [0.1, 0.15) is 23.2 Å². The zero-order chi connectivity index (χ0) is 22.6.